The molecule has 2 amide bonds. The molecule has 2 aliphatic rings. The summed E-state index contributed by atoms with van der Waals surface area (Å²) >= 11 is 0.737. The predicted octanol–water partition coefficient (Wildman–Crippen LogP) is 7.72. The minimum atomic E-state index is -2.89. The van der Waals surface area contributed by atoms with E-state index in [9.17, 15) is 23.2 Å². The molecular formula is C38H49F2N7O5S. The van der Waals surface area contributed by atoms with Crippen molar-refractivity contribution in [3.63, 3.8) is 0 Å². The summed E-state index contributed by atoms with van der Waals surface area (Å²) in [5, 5.41) is -0.331. The van der Waals surface area contributed by atoms with Crippen molar-refractivity contribution < 1.29 is 32.6 Å². The van der Waals surface area contributed by atoms with Crippen molar-refractivity contribution in [1.29, 1.82) is 0 Å². The van der Waals surface area contributed by atoms with Gasteiger partial charge in [0.1, 0.15) is 29.3 Å². The number of pyridine rings is 1. The highest BCUT2D eigenvalue weighted by atomic mass is 32.2. The second-order valence-corrected chi connectivity index (χ2v) is 12.7. The average molecular weight is 754 g/mol. The number of methoxy groups -OCH3 is 1. The van der Waals surface area contributed by atoms with Gasteiger partial charge in [0.2, 0.25) is 11.0 Å². The molecule has 1 aromatic carbocycles. The topological polar surface area (TPSA) is 153 Å². The lowest BCUT2D eigenvalue weighted by molar-refractivity contribution is -0.121. The molecule has 0 atom stereocenters. The van der Waals surface area contributed by atoms with Gasteiger partial charge in [0.15, 0.2) is 10.8 Å². The molecule has 3 aromatic rings. The van der Waals surface area contributed by atoms with E-state index in [0.29, 0.717) is 17.3 Å². The standard InChI is InChI=1S/C33H32F2N6O5S.2C2H6.CH5N/c1-33(2,3)46-32(44)40-12-13-41(27(42)18-40)21-10-11-22(23(14-21)24-15-25(28(34)35)37-17-26(24)45-5)31(43)47-30-29(36-4)38-16-20(39-30)9-8-19-6-7-19;3*1-2/h10-11,14-17,19,28H,4,6-7,12-13,18H2,1-3,5H3;2*1-2H3;2H2,1H3. The lowest BCUT2D eigenvalue weighted by Crippen LogP contribution is -2.53. The quantitative estimate of drug-likeness (QED) is 0.144. The first-order valence-corrected chi connectivity index (χ1v) is 18.1. The fraction of sp³-hybridized carbons (Fsp3) is 0.447. The second-order valence-electron chi connectivity index (χ2n) is 11.8. The number of amides is 2. The smallest absolute Gasteiger partial charge is 0.410 e. The Balaban J connectivity index is 0.00000154. The molecule has 5 rings (SSSR count). The van der Waals surface area contributed by atoms with Gasteiger partial charge in [-0.1, -0.05) is 33.6 Å². The summed E-state index contributed by atoms with van der Waals surface area (Å²) in [4.78, 5) is 59.0. The number of anilines is 1. The monoisotopic (exact) mass is 753 g/mol. The normalized spacial score (nSPS) is 13.5. The molecule has 1 saturated carbocycles. The molecule has 1 saturated heterocycles. The molecule has 1 aliphatic heterocycles. The molecule has 0 spiro atoms. The highest BCUT2D eigenvalue weighted by molar-refractivity contribution is 8.14. The highest BCUT2D eigenvalue weighted by Gasteiger charge is 2.32. The van der Waals surface area contributed by atoms with E-state index >= 15 is 0 Å². The van der Waals surface area contributed by atoms with E-state index in [2.05, 4.69) is 44.2 Å². The lowest BCUT2D eigenvalue weighted by Gasteiger charge is -2.35. The summed E-state index contributed by atoms with van der Waals surface area (Å²) in [5.74, 6) is 6.29. The maximum Gasteiger partial charge on any atom is 0.410 e. The van der Waals surface area contributed by atoms with Gasteiger partial charge in [0.05, 0.1) is 19.5 Å². The molecule has 286 valence electrons. The van der Waals surface area contributed by atoms with E-state index < -0.39 is 34.8 Å². The zero-order valence-electron chi connectivity index (χ0n) is 31.8. The van der Waals surface area contributed by atoms with Gasteiger partial charge in [-0.25, -0.2) is 28.5 Å². The largest absolute Gasteiger partial charge is 0.494 e. The number of ether oxygens (including phenoxy) is 2. The Hall–Kier alpha value is -4.94. The van der Waals surface area contributed by atoms with E-state index in [4.69, 9.17) is 9.47 Å². The summed E-state index contributed by atoms with van der Waals surface area (Å²) in [6, 6.07) is 5.78. The number of aliphatic imine (C=N–C) groups is 1. The van der Waals surface area contributed by atoms with Crippen molar-refractivity contribution in [2.75, 3.05) is 38.7 Å². The number of piperazine rings is 1. The first-order valence-electron chi connectivity index (χ1n) is 17.3. The Morgan fingerprint density at radius 1 is 1.06 bits per heavy atom. The van der Waals surface area contributed by atoms with Crippen molar-refractivity contribution in [3.8, 4) is 28.7 Å². The Labute approximate surface area is 315 Å². The van der Waals surface area contributed by atoms with Gasteiger partial charge in [0.25, 0.3) is 6.43 Å². The van der Waals surface area contributed by atoms with Gasteiger partial charge in [-0.15, -0.1) is 0 Å². The van der Waals surface area contributed by atoms with Crippen LogP contribution in [0.4, 0.5) is 25.1 Å². The molecule has 0 unspecified atom stereocenters. The number of aromatic nitrogens is 3. The average Bonchev–Trinajstić information content (AvgIpc) is 4.00. The van der Waals surface area contributed by atoms with Gasteiger partial charge < -0.3 is 20.1 Å². The zero-order valence-corrected chi connectivity index (χ0v) is 32.6. The van der Waals surface area contributed by atoms with Gasteiger partial charge in [-0.05, 0) is 94.9 Å². The van der Waals surface area contributed by atoms with Crippen molar-refractivity contribution in [3.05, 3.63) is 53.6 Å². The molecule has 53 heavy (non-hydrogen) atoms. The van der Waals surface area contributed by atoms with Crippen molar-refractivity contribution in [2.24, 2.45) is 16.6 Å². The van der Waals surface area contributed by atoms with Crippen LogP contribution < -0.4 is 15.4 Å². The number of halogens is 2. The number of nitrogens with zero attached hydrogens (tertiary/aromatic N) is 6. The molecule has 0 bridgehead atoms. The molecule has 0 radical (unpaired) electrons. The molecular weight excluding hydrogens is 705 g/mol. The maximum atomic E-state index is 13.9. The summed E-state index contributed by atoms with van der Waals surface area (Å²) in [7, 11) is 2.86. The van der Waals surface area contributed by atoms with E-state index in [0.717, 1.165) is 36.9 Å². The van der Waals surface area contributed by atoms with E-state index in [-0.39, 0.29) is 52.9 Å². The van der Waals surface area contributed by atoms with E-state index in [1.165, 1.54) is 36.2 Å². The van der Waals surface area contributed by atoms with Crippen molar-refractivity contribution in [2.45, 2.75) is 78.4 Å². The number of carbonyl (C=O) groups is 3. The zero-order chi connectivity index (χ0) is 39.9. The van der Waals surface area contributed by atoms with Crippen molar-refractivity contribution in [1.82, 2.24) is 19.9 Å². The first-order chi connectivity index (χ1) is 25.4. The minimum absolute atomic E-state index is 0.120. The molecule has 2 N–H and O–H groups in total. The van der Waals surface area contributed by atoms with Crippen LogP contribution in [0.5, 0.6) is 5.75 Å². The van der Waals surface area contributed by atoms with E-state index in [1.807, 2.05) is 27.7 Å². The van der Waals surface area contributed by atoms with Crippen LogP contribution in [0, 0.1) is 17.8 Å². The number of hydrogen-bond acceptors (Lipinski definition) is 11. The Morgan fingerprint density at radius 3 is 2.30 bits per heavy atom. The number of benzene rings is 1. The van der Waals surface area contributed by atoms with Gasteiger partial charge in [0, 0.05) is 35.8 Å². The molecule has 2 aromatic heterocycles. The molecule has 1 aliphatic carbocycles. The number of hydrogen-bond donors (Lipinski definition) is 1. The van der Waals surface area contributed by atoms with Crippen LogP contribution in [0.15, 0.2) is 46.7 Å². The second kappa shape index (κ2) is 20.9. The Bertz CT molecular complexity index is 1800. The Morgan fingerprint density at radius 2 is 1.74 bits per heavy atom. The van der Waals surface area contributed by atoms with Gasteiger partial charge >= 0.3 is 6.09 Å². The third-order valence-electron chi connectivity index (χ3n) is 7.07. The van der Waals surface area contributed by atoms with Crippen LogP contribution in [0.2, 0.25) is 0 Å². The third-order valence-corrected chi connectivity index (χ3v) is 7.95. The van der Waals surface area contributed by atoms with Crippen LogP contribution in [0.3, 0.4) is 0 Å². The van der Waals surface area contributed by atoms with Crippen LogP contribution >= 0.6 is 11.8 Å². The van der Waals surface area contributed by atoms with Crippen molar-refractivity contribution >= 4 is 47.1 Å². The van der Waals surface area contributed by atoms with E-state index in [1.54, 1.807) is 32.9 Å². The number of thioether (sulfide) groups is 1. The Kier molecular flexibility index (Phi) is 17.5. The maximum absolute atomic E-state index is 13.9. The molecule has 2 fully saturated rings. The first kappa shape index (κ1) is 44.2. The summed E-state index contributed by atoms with van der Waals surface area (Å²) in [6.45, 7) is 16.8. The number of alkyl halides is 2. The minimum Gasteiger partial charge on any atom is -0.494 e. The fourth-order valence-electron chi connectivity index (χ4n) is 4.63. The lowest BCUT2D eigenvalue weighted by atomic mass is 9.98. The van der Waals surface area contributed by atoms with Gasteiger partial charge in [-0.2, -0.15) is 0 Å². The summed E-state index contributed by atoms with van der Waals surface area (Å²) < 4.78 is 38.5. The summed E-state index contributed by atoms with van der Waals surface area (Å²) in [6.07, 6.45) is 1.17. The van der Waals surface area contributed by atoms with Crippen LogP contribution in [-0.4, -0.2) is 83.1 Å². The number of carbonyl (C=O) groups excluding carboxylic acids is 3. The SMILES string of the molecule is C=Nc1ncc(C#CC2CC2)nc1SC(=O)c1ccc(N2CCN(C(=O)OC(C)(C)C)CC2=O)cc1-c1cc(C(F)F)ncc1OC.CC.CC.CN. The fourth-order valence-corrected chi connectivity index (χ4v) is 5.45. The molecule has 3 heterocycles. The number of nitrogens with two attached hydrogens (primary N) is 1. The molecule has 12 nitrogen and oxygen atoms in total. The summed E-state index contributed by atoms with van der Waals surface area (Å²) in [5.41, 5.74) is 4.51. The van der Waals surface area contributed by atoms with Crippen LogP contribution in [-0.2, 0) is 9.53 Å². The van der Waals surface area contributed by atoms with Crippen LogP contribution in [0.25, 0.3) is 11.1 Å². The van der Waals surface area contributed by atoms with Crippen LogP contribution in [0.1, 0.15) is 89.5 Å². The van der Waals surface area contributed by atoms with Gasteiger partial charge in [-0.3, -0.25) is 19.5 Å². The third kappa shape index (κ3) is 12.3. The molecule has 15 heteroatoms. The highest BCUT2D eigenvalue weighted by Crippen LogP contribution is 2.40. The number of rotatable bonds is 7. The predicted molar refractivity (Wildman–Crippen MR) is 205 cm³/mol.